The number of nitrogens with zero attached hydrogens (tertiary/aromatic N) is 1. The van der Waals surface area contributed by atoms with Crippen molar-refractivity contribution in [2.24, 2.45) is 5.73 Å². The van der Waals surface area contributed by atoms with Crippen LogP contribution in [0.2, 0.25) is 5.02 Å². The van der Waals surface area contributed by atoms with Crippen LogP contribution in [0.1, 0.15) is 23.4 Å². The minimum absolute atomic E-state index is 0.0683. The molecule has 2 nitrogen and oxygen atoms in total. The second kappa shape index (κ2) is 3.98. The zero-order valence-electron chi connectivity index (χ0n) is 7.02. The maximum atomic E-state index is 12.3. The Labute approximate surface area is 79.7 Å². The predicted octanol–water partition coefficient (Wildman–Crippen LogP) is 2.44. The maximum Gasteiger partial charge on any atom is 0.280 e. The molecule has 1 rings (SSSR count). The topological polar surface area (TPSA) is 38.9 Å². The van der Waals surface area contributed by atoms with E-state index in [2.05, 4.69) is 4.98 Å². The fourth-order valence-corrected chi connectivity index (χ4v) is 1.28. The van der Waals surface area contributed by atoms with Gasteiger partial charge in [-0.25, -0.2) is 13.8 Å². The molecule has 1 heterocycles. The van der Waals surface area contributed by atoms with Gasteiger partial charge in [0, 0.05) is 6.54 Å². The number of hydrogen-bond acceptors (Lipinski definition) is 2. The number of aromatic nitrogens is 1. The Kier molecular flexibility index (Phi) is 3.17. The van der Waals surface area contributed by atoms with Gasteiger partial charge in [0.05, 0.1) is 10.7 Å². The van der Waals surface area contributed by atoms with Crippen molar-refractivity contribution >= 4 is 11.6 Å². The Morgan fingerprint density at radius 2 is 2.23 bits per heavy atom. The Hall–Kier alpha value is -0.740. The monoisotopic (exact) mass is 206 g/mol. The molecule has 0 bridgehead atoms. The van der Waals surface area contributed by atoms with Crippen LogP contribution in [-0.4, -0.2) is 4.98 Å². The first-order valence-corrected chi connectivity index (χ1v) is 4.08. The van der Waals surface area contributed by atoms with Crippen molar-refractivity contribution in [3.8, 4) is 0 Å². The van der Waals surface area contributed by atoms with Crippen molar-refractivity contribution in [3.05, 3.63) is 28.0 Å². The largest absolute Gasteiger partial charge is 0.325 e. The van der Waals surface area contributed by atoms with Crippen LogP contribution in [0.25, 0.3) is 0 Å². The average Bonchev–Trinajstić information content (AvgIpc) is 2.03. The molecule has 2 N–H and O–H groups in total. The normalized spacial score (nSPS) is 10.9. The molecule has 0 spiro atoms. The molecule has 72 valence electrons. The molecule has 0 aromatic carbocycles. The molecule has 0 amide bonds. The number of alkyl halides is 2. The lowest BCUT2D eigenvalue weighted by atomic mass is 10.2. The number of rotatable bonds is 2. The standard InChI is InChI=1S/C8H9ClF2N2/c1-4-2-5(9)6(3-12)13-7(4)8(10)11/h2,8H,3,12H2,1H3. The van der Waals surface area contributed by atoms with Gasteiger partial charge >= 0.3 is 0 Å². The van der Waals surface area contributed by atoms with Crippen molar-refractivity contribution in [1.29, 1.82) is 0 Å². The van der Waals surface area contributed by atoms with Crippen molar-refractivity contribution in [3.63, 3.8) is 0 Å². The first kappa shape index (κ1) is 10.3. The highest BCUT2D eigenvalue weighted by Crippen LogP contribution is 2.24. The van der Waals surface area contributed by atoms with Crippen LogP contribution >= 0.6 is 11.6 Å². The maximum absolute atomic E-state index is 12.3. The number of hydrogen-bond donors (Lipinski definition) is 1. The van der Waals surface area contributed by atoms with Crippen LogP contribution in [-0.2, 0) is 6.54 Å². The van der Waals surface area contributed by atoms with E-state index in [-0.39, 0.29) is 12.2 Å². The molecule has 0 atom stereocenters. The Balaban J connectivity index is 3.22. The summed E-state index contributed by atoms with van der Waals surface area (Å²) in [5.41, 5.74) is 5.73. The quantitative estimate of drug-likeness (QED) is 0.807. The van der Waals surface area contributed by atoms with E-state index in [4.69, 9.17) is 17.3 Å². The molecule has 1 aromatic rings. The van der Waals surface area contributed by atoms with E-state index in [0.717, 1.165) is 0 Å². The molecule has 0 saturated carbocycles. The molecule has 5 heteroatoms. The van der Waals surface area contributed by atoms with Crippen LogP contribution < -0.4 is 5.73 Å². The minimum atomic E-state index is -2.58. The van der Waals surface area contributed by atoms with Crippen LogP contribution in [0.15, 0.2) is 6.07 Å². The summed E-state index contributed by atoms with van der Waals surface area (Å²) in [5.74, 6) is 0. The predicted molar refractivity (Wildman–Crippen MR) is 46.8 cm³/mol. The summed E-state index contributed by atoms with van der Waals surface area (Å²) in [6, 6.07) is 1.46. The van der Waals surface area contributed by atoms with E-state index in [9.17, 15) is 8.78 Å². The fraction of sp³-hybridized carbons (Fsp3) is 0.375. The number of nitrogens with two attached hydrogens (primary N) is 1. The average molecular weight is 207 g/mol. The summed E-state index contributed by atoms with van der Waals surface area (Å²) in [6.07, 6.45) is -2.58. The van der Waals surface area contributed by atoms with Gasteiger partial charge in [0.25, 0.3) is 6.43 Å². The first-order valence-electron chi connectivity index (χ1n) is 3.70. The molecule has 0 aliphatic heterocycles. The molecule has 1 aromatic heterocycles. The van der Waals surface area contributed by atoms with Gasteiger partial charge in [-0.15, -0.1) is 0 Å². The third-order valence-electron chi connectivity index (χ3n) is 1.68. The summed E-state index contributed by atoms with van der Waals surface area (Å²) >= 11 is 5.72. The highest BCUT2D eigenvalue weighted by atomic mass is 35.5. The fourth-order valence-electron chi connectivity index (χ4n) is 0.998. The van der Waals surface area contributed by atoms with Gasteiger partial charge < -0.3 is 5.73 Å². The van der Waals surface area contributed by atoms with E-state index in [1.54, 1.807) is 6.92 Å². The van der Waals surface area contributed by atoms with E-state index < -0.39 is 6.43 Å². The first-order chi connectivity index (χ1) is 6.06. The van der Waals surface area contributed by atoms with Crippen LogP contribution in [0.4, 0.5) is 8.78 Å². The lowest BCUT2D eigenvalue weighted by molar-refractivity contribution is 0.145. The van der Waals surface area contributed by atoms with Crippen molar-refractivity contribution < 1.29 is 8.78 Å². The smallest absolute Gasteiger partial charge is 0.280 e. The van der Waals surface area contributed by atoms with Gasteiger partial charge in [0.1, 0.15) is 5.69 Å². The number of aryl methyl sites for hydroxylation is 1. The highest BCUT2D eigenvalue weighted by Gasteiger charge is 2.14. The van der Waals surface area contributed by atoms with Gasteiger partial charge in [-0.05, 0) is 18.6 Å². The Bertz CT molecular complexity index is 315. The van der Waals surface area contributed by atoms with E-state index in [1.165, 1.54) is 6.07 Å². The van der Waals surface area contributed by atoms with Crippen LogP contribution in [0.3, 0.4) is 0 Å². The van der Waals surface area contributed by atoms with Crippen molar-refractivity contribution in [2.45, 2.75) is 19.9 Å². The second-order valence-corrected chi connectivity index (χ2v) is 3.03. The molecule has 0 aliphatic rings. The molecule has 0 radical (unpaired) electrons. The third-order valence-corrected chi connectivity index (χ3v) is 2.01. The van der Waals surface area contributed by atoms with Gasteiger partial charge in [-0.1, -0.05) is 11.6 Å². The molecule has 0 fully saturated rings. The SMILES string of the molecule is Cc1cc(Cl)c(CN)nc1C(F)F. The zero-order valence-corrected chi connectivity index (χ0v) is 7.78. The molecule has 0 aliphatic carbocycles. The summed E-state index contributed by atoms with van der Waals surface area (Å²) in [5, 5.41) is 0.337. The summed E-state index contributed by atoms with van der Waals surface area (Å²) in [4.78, 5) is 3.68. The lowest BCUT2D eigenvalue weighted by Gasteiger charge is -2.07. The van der Waals surface area contributed by atoms with Gasteiger partial charge in [0.2, 0.25) is 0 Å². The number of pyridine rings is 1. The second-order valence-electron chi connectivity index (χ2n) is 2.62. The van der Waals surface area contributed by atoms with Gasteiger partial charge in [0.15, 0.2) is 0 Å². The minimum Gasteiger partial charge on any atom is -0.325 e. The van der Waals surface area contributed by atoms with Crippen molar-refractivity contribution in [2.75, 3.05) is 0 Å². The highest BCUT2D eigenvalue weighted by molar-refractivity contribution is 6.31. The number of halogens is 3. The molecule has 13 heavy (non-hydrogen) atoms. The van der Waals surface area contributed by atoms with Gasteiger partial charge in [-0.2, -0.15) is 0 Å². The van der Waals surface area contributed by atoms with Crippen LogP contribution in [0, 0.1) is 6.92 Å². The van der Waals surface area contributed by atoms with E-state index in [1.807, 2.05) is 0 Å². The molecule has 0 unspecified atom stereocenters. The zero-order chi connectivity index (χ0) is 10.0. The summed E-state index contributed by atoms with van der Waals surface area (Å²) in [7, 11) is 0. The molecule has 0 saturated heterocycles. The van der Waals surface area contributed by atoms with Crippen LogP contribution in [0.5, 0.6) is 0 Å². The van der Waals surface area contributed by atoms with Gasteiger partial charge in [-0.3, -0.25) is 0 Å². The summed E-state index contributed by atoms with van der Waals surface area (Å²) < 4.78 is 24.7. The van der Waals surface area contributed by atoms with Crippen molar-refractivity contribution in [1.82, 2.24) is 4.98 Å². The lowest BCUT2D eigenvalue weighted by Crippen LogP contribution is -2.05. The van der Waals surface area contributed by atoms with E-state index in [0.29, 0.717) is 16.3 Å². The summed E-state index contributed by atoms with van der Waals surface area (Å²) in [6.45, 7) is 1.61. The molecular formula is C8H9ClF2N2. The molecular weight excluding hydrogens is 198 g/mol. The Morgan fingerprint density at radius 1 is 1.62 bits per heavy atom. The van der Waals surface area contributed by atoms with E-state index >= 15 is 0 Å². The Morgan fingerprint density at radius 3 is 2.69 bits per heavy atom. The third kappa shape index (κ3) is 2.14.